The third-order valence-corrected chi connectivity index (χ3v) is 4.87. The number of hydrogen-bond donors (Lipinski definition) is 0. The molecular formula is C18H22N4O3. The van der Waals surface area contributed by atoms with Crippen LogP contribution in [0.2, 0.25) is 0 Å². The quantitative estimate of drug-likeness (QED) is 0.831. The van der Waals surface area contributed by atoms with Crippen LogP contribution in [0.4, 0.5) is 0 Å². The van der Waals surface area contributed by atoms with Crippen molar-refractivity contribution in [3.8, 4) is 5.88 Å². The Kier molecular flexibility index (Phi) is 4.38. The zero-order chi connectivity index (χ0) is 17.2. The van der Waals surface area contributed by atoms with Crippen LogP contribution in [-0.4, -0.2) is 45.6 Å². The molecule has 7 nitrogen and oxygen atoms in total. The van der Waals surface area contributed by atoms with Crippen LogP contribution in [0.3, 0.4) is 0 Å². The highest BCUT2D eigenvalue weighted by Gasteiger charge is 2.27. The van der Waals surface area contributed by atoms with Gasteiger partial charge in [0.05, 0.1) is 12.3 Å². The minimum atomic E-state index is -0.0545. The number of aryl methyl sites for hydroxylation is 1. The van der Waals surface area contributed by atoms with E-state index in [-0.39, 0.29) is 5.91 Å². The lowest BCUT2D eigenvalue weighted by molar-refractivity contribution is 0.0649. The van der Waals surface area contributed by atoms with Crippen molar-refractivity contribution in [3.63, 3.8) is 0 Å². The van der Waals surface area contributed by atoms with E-state index in [1.807, 2.05) is 11.0 Å². The summed E-state index contributed by atoms with van der Waals surface area (Å²) in [5, 5.41) is 3.81. The van der Waals surface area contributed by atoms with Gasteiger partial charge in [0.1, 0.15) is 12.1 Å². The van der Waals surface area contributed by atoms with E-state index in [4.69, 9.17) is 9.26 Å². The number of rotatable bonds is 5. The molecule has 0 unspecified atom stereocenters. The molecule has 2 aromatic rings. The zero-order valence-corrected chi connectivity index (χ0v) is 14.4. The van der Waals surface area contributed by atoms with Crippen LogP contribution in [0.5, 0.6) is 5.88 Å². The number of likely N-dealkylation sites (tertiary alicyclic amines) is 1. The maximum Gasteiger partial charge on any atom is 0.276 e. The van der Waals surface area contributed by atoms with E-state index in [9.17, 15) is 4.79 Å². The van der Waals surface area contributed by atoms with E-state index in [2.05, 4.69) is 15.1 Å². The summed E-state index contributed by atoms with van der Waals surface area (Å²) in [4.78, 5) is 22.7. The second-order valence-corrected chi connectivity index (χ2v) is 6.92. The second-order valence-electron chi connectivity index (χ2n) is 6.92. The van der Waals surface area contributed by atoms with Crippen molar-refractivity contribution in [3.05, 3.63) is 35.6 Å². The Morgan fingerprint density at radius 3 is 2.72 bits per heavy atom. The van der Waals surface area contributed by atoms with Crippen molar-refractivity contribution in [1.29, 1.82) is 0 Å². The highest BCUT2D eigenvalue weighted by atomic mass is 16.5. The van der Waals surface area contributed by atoms with Crippen LogP contribution < -0.4 is 4.74 Å². The maximum absolute atomic E-state index is 12.4. The number of carbonyl (C=O) groups is 1. The molecule has 25 heavy (non-hydrogen) atoms. The summed E-state index contributed by atoms with van der Waals surface area (Å²) in [6.45, 7) is 3.85. The molecule has 0 N–H and O–H groups in total. The summed E-state index contributed by atoms with van der Waals surface area (Å²) >= 11 is 0. The van der Waals surface area contributed by atoms with Gasteiger partial charge in [-0.25, -0.2) is 9.97 Å². The van der Waals surface area contributed by atoms with Crippen molar-refractivity contribution >= 4 is 5.91 Å². The first-order chi connectivity index (χ1) is 12.2. The monoisotopic (exact) mass is 342 g/mol. The van der Waals surface area contributed by atoms with E-state index in [1.165, 1.54) is 12.8 Å². The third-order valence-electron chi connectivity index (χ3n) is 4.87. The Balaban J connectivity index is 1.26. The molecule has 132 valence electrons. The fraction of sp³-hybridized carbons (Fsp3) is 0.556. The van der Waals surface area contributed by atoms with E-state index >= 15 is 0 Å². The lowest BCUT2D eigenvalue weighted by atomic mass is 9.97. The smallest absolute Gasteiger partial charge is 0.276 e. The molecule has 2 aliphatic rings. The standard InChI is InChI=1S/C18H22N4O3/c1-12-8-16(21-25-12)18(23)22-6-4-13(5-7-22)10-24-17-9-15(14-2-3-14)19-11-20-17/h8-9,11,13-14H,2-7,10H2,1H3. The number of carbonyl (C=O) groups excluding carboxylic acids is 1. The molecule has 1 amide bonds. The van der Waals surface area contributed by atoms with Gasteiger partial charge < -0.3 is 14.2 Å². The molecule has 0 spiro atoms. The number of amides is 1. The van der Waals surface area contributed by atoms with Gasteiger partial charge in [-0.1, -0.05) is 5.16 Å². The van der Waals surface area contributed by atoms with E-state index in [0.29, 0.717) is 35.8 Å². The van der Waals surface area contributed by atoms with Gasteiger partial charge in [-0.15, -0.1) is 0 Å². The van der Waals surface area contributed by atoms with Crippen LogP contribution in [-0.2, 0) is 0 Å². The fourth-order valence-corrected chi connectivity index (χ4v) is 3.17. The van der Waals surface area contributed by atoms with Gasteiger partial charge >= 0.3 is 0 Å². The van der Waals surface area contributed by atoms with Gasteiger partial charge in [-0.05, 0) is 38.5 Å². The first-order valence-corrected chi connectivity index (χ1v) is 8.86. The van der Waals surface area contributed by atoms with Crippen molar-refractivity contribution in [1.82, 2.24) is 20.0 Å². The maximum atomic E-state index is 12.4. The molecule has 2 fully saturated rings. The van der Waals surface area contributed by atoms with Crippen molar-refractivity contribution in [2.45, 2.75) is 38.5 Å². The van der Waals surface area contributed by atoms with Crippen LogP contribution in [0, 0.1) is 12.8 Å². The molecule has 0 bridgehead atoms. The minimum absolute atomic E-state index is 0.0545. The Bertz CT molecular complexity index is 748. The molecule has 4 rings (SSSR count). The van der Waals surface area contributed by atoms with Gasteiger partial charge in [0.2, 0.25) is 5.88 Å². The predicted octanol–water partition coefficient (Wildman–Crippen LogP) is 2.58. The average Bonchev–Trinajstić information content (AvgIpc) is 3.41. The van der Waals surface area contributed by atoms with Crippen molar-refractivity contribution in [2.24, 2.45) is 5.92 Å². The van der Waals surface area contributed by atoms with E-state index < -0.39 is 0 Å². The first-order valence-electron chi connectivity index (χ1n) is 8.86. The van der Waals surface area contributed by atoms with Gasteiger partial charge in [0, 0.05) is 31.1 Å². The second kappa shape index (κ2) is 6.82. The number of aromatic nitrogens is 3. The molecule has 0 radical (unpaired) electrons. The molecule has 0 atom stereocenters. The van der Waals surface area contributed by atoms with Crippen LogP contribution in [0.25, 0.3) is 0 Å². The highest BCUT2D eigenvalue weighted by Crippen LogP contribution is 2.39. The zero-order valence-electron chi connectivity index (χ0n) is 14.4. The number of ether oxygens (including phenoxy) is 1. The van der Waals surface area contributed by atoms with Gasteiger partial charge in [0.25, 0.3) is 5.91 Å². The van der Waals surface area contributed by atoms with E-state index in [0.717, 1.165) is 31.6 Å². The SMILES string of the molecule is Cc1cc(C(=O)N2CCC(COc3cc(C4CC4)ncn3)CC2)no1. The molecule has 1 saturated carbocycles. The number of nitrogens with zero attached hydrogens (tertiary/aromatic N) is 4. The Morgan fingerprint density at radius 2 is 2.04 bits per heavy atom. The molecule has 1 aliphatic heterocycles. The number of piperidine rings is 1. The minimum Gasteiger partial charge on any atom is -0.477 e. The summed E-state index contributed by atoms with van der Waals surface area (Å²) in [5.74, 6) is 2.29. The summed E-state index contributed by atoms with van der Waals surface area (Å²) in [6, 6.07) is 3.65. The summed E-state index contributed by atoms with van der Waals surface area (Å²) in [7, 11) is 0. The summed E-state index contributed by atoms with van der Waals surface area (Å²) in [5.41, 5.74) is 1.48. The molecule has 1 aliphatic carbocycles. The highest BCUT2D eigenvalue weighted by molar-refractivity contribution is 5.92. The molecule has 0 aromatic carbocycles. The average molecular weight is 342 g/mol. The summed E-state index contributed by atoms with van der Waals surface area (Å²) in [6.07, 6.45) is 5.86. The Morgan fingerprint density at radius 1 is 1.24 bits per heavy atom. The topological polar surface area (TPSA) is 81.4 Å². The molecular weight excluding hydrogens is 320 g/mol. The van der Waals surface area contributed by atoms with Crippen LogP contribution in [0.15, 0.2) is 23.0 Å². The Hall–Kier alpha value is -2.44. The lowest BCUT2D eigenvalue weighted by Crippen LogP contribution is -2.39. The molecule has 3 heterocycles. The largest absolute Gasteiger partial charge is 0.477 e. The van der Waals surface area contributed by atoms with Crippen LogP contribution in [0.1, 0.15) is 53.5 Å². The van der Waals surface area contributed by atoms with Crippen molar-refractivity contribution < 1.29 is 14.1 Å². The normalized spacial score (nSPS) is 18.4. The number of hydrogen-bond acceptors (Lipinski definition) is 6. The van der Waals surface area contributed by atoms with E-state index in [1.54, 1.807) is 19.3 Å². The first kappa shape index (κ1) is 16.1. The predicted molar refractivity (Wildman–Crippen MR) is 89.4 cm³/mol. The van der Waals surface area contributed by atoms with Gasteiger partial charge in [0.15, 0.2) is 5.69 Å². The third kappa shape index (κ3) is 3.81. The van der Waals surface area contributed by atoms with Crippen molar-refractivity contribution in [2.75, 3.05) is 19.7 Å². The fourth-order valence-electron chi connectivity index (χ4n) is 3.17. The molecule has 2 aromatic heterocycles. The molecule has 7 heteroatoms. The van der Waals surface area contributed by atoms with Gasteiger partial charge in [-0.2, -0.15) is 0 Å². The Labute approximate surface area is 146 Å². The van der Waals surface area contributed by atoms with Crippen LogP contribution >= 0.6 is 0 Å². The summed E-state index contributed by atoms with van der Waals surface area (Å²) < 4.78 is 10.9. The van der Waals surface area contributed by atoms with Gasteiger partial charge in [-0.3, -0.25) is 4.79 Å². The lowest BCUT2D eigenvalue weighted by Gasteiger charge is -2.31. The molecule has 1 saturated heterocycles.